The van der Waals surface area contributed by atoms with Gasteiger partial charge in [-0.05, 0) is 59.2 Å². The molecule has 3 nitrogen and oxygen atoms in total. The molecule has 1 unspecified atom stereocenters. The highest BCUT2D eigenvalue weighted by atomic mass is 19.1. The maximum absolute atomic E-state index is 13.6. The largest absolute Gasteiger partial charge is 0.381 e. The van der Waals surface area contributed by atoms with Gasteiger partial charge in [-0.25, -0.2) is 9.07 Å². The molecule has 0 saturated carbocycles. The summed E-state index contributed by atoms with van der Waals surface area (Å²) < 4.78 is 15.3. The fraction of sp³-hybridized carbons (Fsp3) is 0.0800. The van der Waals surface area contributed by atoms with E-state index in [1.807, 2.05) is 73.7 Å². The lowest BCUT2D eigenvalue weighted by atomic mass is 9.85. The molecule has 1 aromatic heterocycles. The molecule has 1 atom stereocenters. The van der Waals surface area contributed by atoms with E-state index in [4.69, 9.17) is 0 Å². The molecule has 0 aliphatic carbocycles. The van der Waals surface area contributed by atoms with Gasteiger partial charge in [0.15, 0.2) is 0 Å². The second-order valence-corrected chi connectivity index (χ2v) is 7.41. The molecule has 4 aromatic carbocycles. The van der Waals surface area contributed by atoms with Crippen molar-refractivity contribution in [2.45, 2.75) is 12.5 Å². The van der Waals surface area contributed by atoms with Gasteiger partial charge < -0.3 is 5.11 Å². The third-order valence-electron chi connectivity index (χ3n) is 5.50. The number of fused-ring (bicyclic) bond motifs is 2. The van der Waals surface area contributed by atoms with Crippen LogP contribution in [0.5, 0.6) is 0 Å². The molecule has 29 heavy (non-hydrogen) atoms. The molecule has 0 saturated heterocycles. The van der Waals surface area contributed by atoms with Crippen molar-refractivity contribution in [3.05, 3.63) is 108 Å². The van der Waals surface area contributed by atoms with E-state index in [0.717, 1.165) is 32.8 Å². The minimum absolute atomic E-state index is 0.304. The third-order valence-corrected chi connectivity index (χ3v) is 5.50. The van der Waals surface area contributed by atoms with Crippen molar-refractivity contribution in [1.29, 1.82) is 0 Å². The molecule has 142 valence electrons. The molecule has 0 spiro atoms. The highest BCUT2D eigenvalue weighted by Crippen LogP contribution is 2.35. The summed E-state index contributed by atoms with van der Waals surface area (Å²) >= 11 is 0. The first-order chi connectivity index (χ1) is 14.0. The molecule has 0 aliphatic heterocycles. The molecular weight excluding hydrogens is 363 g/mol. The molecule has 5 rings (SSSR count). The zero-order valence-electron chi connectivity index (χ0n) is 15.9. The van der Waals surface area contributed by atoms with Crippen molar-refractivity contribution >= 4 is 21.7 Å². The number of benzene rings is 4. The maximum Gasteiger partial charge on any atom is 0.125 e. The van der Waals surface area contributed by atoms with Crippen LogP contribution in [-0.2, 0) is 5.60 Å². The van der Waals surface area contributed by atoms with Gasteiger partial charge in [-0.15, -0.1) is 0 Å². The van der Waals surface area contributed by atoms with E-state index in [0.29, 0.717) is 5.69 Å². The Kier molecular flexibility index (Phi) is 3.96. The Labute approximate surface area is 167 Å². The summed E-state index contributed by atoms with van der Waals surface area (Å²) in [6.07, 6.45) is 1.74. The monoisotopic (exact) mass is 382 g/mol. The second-order valence-electron chi connectivity index (χ2n) is 7.41. The summed E-state index contributed by atoms with van der Waals surface area (Å²) in [6.45, 7) is 1.81. The predicted molar refractivity (Wildman–Crippen MR) is 114 cm³/mol. The van der Waals surface area contributed by atoms with Crippen LogP contribution in [0.3, 0.4) is 0 Å². The zero-order valence-corrected chi connectivity index (χ0v) is 15.9. The Bertz CT molecular complexity index is 1350. The van der Waals surface area contributed by atoms with Gasteiger partial charge in [0.1, 0.15) is 11.4 Å². The molecule has 0 amide bonds. The van der Waals surface area contributed by atoms with Crippen LogP contribution in [0.2, 0.25) is 0 Å². The summed E-state index contributed by atoms with van der Waals surface area (Å²) in [4.78, 5) is 0. The van der Waals surface area contributed by atoms with Gasteiger partial charge in [0.05, 0.1) is 17.4 Å². The minimum atomic E-state index is -1.17. The van der Waals surface area contributed by atoms with Gasteiger partial charge in [-0.1, -0.05) is 54.6 Å². The number of hydrogen-bond acceptors (Lipinski definition) is 2. The number of aromatic nitrogens is 2. The molecule has 0 aliphatic rings. The average molecular weight is 382 g/mol. The fourth-order valence-corrected chi connectivity index (χ4v) is 3.95. The van der Waals surface area contributed by atoms with Gasteiger partial charge in [0, 0.05) is 5.39 Å². The first-order valence-corrected chi connectivity index (χ1v) is 9.49. The number of halogens is 1. The highest BCUT2D eigenvalue weighted by Gasteiger charge is 2.28. The molecule has 1 heterocycles. The molecule has 1 N–H and O–H groups in total. The summed E-state index contributed by atoms with van der Waals surface area (Å²) in [5, 5.41) is 18.9. The van der Waals surface area contributed by atoms with Crippen molar-refractivity contribution in [2.75, 3.05) is 0 Å². The Hall–Kier alpha value is -3.50. The standard InChI is InChI=1S/C25H19FN2O/c1-25(29,23-11-4-7-17-6-2-3-10-22(17)23)19-12-13-24-18(14-19)16-27-28(24)21-9-5-8-20(26)15-21/h2-16,29H,1H3. The fourth-order valence-electron chi connectivity index (χ4n) is 3.95. The Balaban J connectivity index is 1.63. The van der Waals surface area contributed by atoms with Crippen LogP contribution in [0.25, 0.3) is 27.4 Å². The topological polar surface area (TPSA) is 38.1 Å². The first kappa shape index (κ1) is 17.6. The third kappa shape index (κ3) is 2.89. The van der Waals surface area contributed by atoms with Gasteiger partial charge in [0.25, 0.3) is 0 Å². The number of rotatable bonds is 3. The van der Waals surface area contributed by atoms with Gasteiger partial charge >= 0.3 is 0 Å². The van der Waals surface area contributed by atoms with E-state index >= 15 is 0 Å². The Morgan fingerprint density at radius 3 is 2.52 bits per heavy atom. The second kappa shape index (κ2) is 6.54. The van der Waals surface area contributed by atoms with E-state index in [1.54, 1.807) is 16.9 Å². The number of aliphatic hydroxyl groups is 1. The van der Waals surface area contributed by atoms with Crippen LogP contribution in [0, 0.1) is 5.82 Å². The van der Waals surface area contributed by atoms with Crippen LogP contribution < -0.4 is 0 Å². The van der Waals surface area contributed by atoms with Gasteiger partial charge in [-0.2, -0.15) is 5.10 Å². The minimum Gasteiger partial charge on any atom is -0.381 e. The van der Waals surface area contributed by atoms with Crippen LogP contribution >= 0.6 is 0 Å². The molecular formula is C25H19FN2O. The van der Waals surface area contributed by atoms with Crippen LogP contribution in [0.4, 0.5) is 4.39 Å². The smallest absolute Gasteiger partial charge is 0.125 e. The lowest BCUT2D eigenvalue weighted by Crippen LogP contribution is -2.23. The first-order valence-electron chi connectivity index (χ1n) is 9.49. The zero-order chi connectivity index (χ0) is 20.0. The van der Waals surface area contributed by atoms with E-state index in [-0.39, 0.29) is 5.82 Å². The summed E-state index contributed by atoms with van der Waals surface area (Å²) in [6, 6.07) is 26.1. The summed E-state index contributed by atoms with van der Waals surface area (Å²) in [5.74, 6) is -0.304. The normalized spacial score (nSPS) is 13.6. The van der Waals surface area contributed by atoms with E-state index in [2.05, 4.69) is 5.10 Å². The SMILES string of the molecule is CC(O)(c1ccc2c(cnn2-c2cccc(F)c2)c1)c1cccc2ccccc12. The molecule has 0 bridgehead atoms. The van der Waals surface area contributed by atoms with Crippen molar-refractivity contribution in [1.82, 2.24) is 9.78 Å². The lowest BCUT2D eigenvalue weighted by Gasteiger charge is -2.26. The van der Waals surface area contributed by atoms with Crippen LogP contribution in [0.1, 0.15) is 18.1 Å². The molecule has 4 heteroatoms. The van der Waals surface area contributed by atoms with Gasteiger partial charge in [0.2, 0.25) is 0 Å². The van der Waals surface area contributed by atoms with Gasteiger partial charge in [-0.3, -0.25) is 0 Å². The van der Waals surface area contributed by atoms with Crippen molar-refractivity contribution < 1.29 is 9.50 Å². The van der Waals surface area contributed by atoms with Crippen LogP contribution in [0.15, 0.2) is 91.1 Å². The van der Waals surface area contributed by atoms with E-state index in [1.165, 1.54) is 12.1 Å². The molecule has 0 fully saturated rings. The van der Waals surface area contributed by atoms with Crippen molar-refractivity contribution in [3.8, 4) is 5.69 Å². The van der Waals surface area contributed by atoms with E-state index < -0.39 is 5.60 Å². The maximum atomic E-state index is 13.6. The van der Waals surface area contributed by atoms with Crippen molar-refractivity contribution in [3.63, 3.8) is 0 Å². The van der Waals surface area contributed by atoms with E-state index in [9.17, 15) is 9.50 Å². The molecule has 5 aromatic rings. The lowest BCUT2D eigenvalue weighted by molar-refractivity contribution is 0.104. The predicted octanol–water partition coefficient (Wildman–Crippen LogP) is 5.57. The highest BCUT2D eigenvalue weighted by molar-refractivity contribution is 5.87. The Morgan fingerprint density at radius 1 is 0.862 bits per heavy atom. The average Bonchev–Trinajstić information content (AvgIpc) is 3.16. The summed E-state index contributed by atoms with van der Waals surface area (Å²) in [7, 11) is 0. The number of hydrogen-bond donors (Lipinski definition) is 1. The van der Waals surface area contributed by atoms with Crippen LogP contribution in [-0.4, -0.2) is 14.9 Å². The number of nitrogens with zero attached hydrogens (tertiary/aromatic N) is 2. The summed E-state index contributed by atoms with van der Waals surface area (Å²) in [5.41, 5.74) is 1.98. The molecule has 0 radical (unpaired) electrons. The Morgan fingerprint density at radius 2 is 1.66 bits per heavy atom. The quantitative estimate of drug-likeness (QED) is 0.443. The van der Waals surface area contributed by atoms with Crippen molar-refractivity contribution in [2.24, 2.45) is 0 Å².